The molecule has 0 aliphatic carbocycles. The fraction of sp³-hybridized carbons (Fsp3) is 0.412. The molecule has 2 aromatic rings. The van der Waals surface area contributed by atoms with Crippen LogP contribution < -0.4 is 5.32 Å². The van der Waals surface area contributed by atoms with Gasteiger partial charge in [0.25, 0.3) is 0 Å². The SMILES string of the molecule is Cc1cc(NCc2ccc(C(C)(C)C)s2)c(C)cc1O. The van der Waals surface area contributed by atoms with Crippen LogP contribution in [-0.2, 0) is 12.0 Å². The number of aryl methyl sites for hydroxylation is 2. The maximum absolute atomic E-state index is 9.68. The first kappa shape index (κ1) is 14.9. The van der Waals surface area contributed by atoms with Crippen molar-refractivity contribution in [1.29, 1.82) is 0 Å². The Morgan fingerprint density at radius 2 is 1.80 bits per heavy atom. The molecule has 0 atom stereocenters. The van der Waals surface area contributed by atoms with Crippen molar-refractivity contribution in [3.8, 4) is 5.75 Å². The molecule has 1 heterocycles. The predicted molar refractivity (Wildman–Crippen MR) is 87.9 cm³/mol. The number of hydrogen-bond donors (Lipinski definition) is 2. The van der Waals surface area contributed by atoms with Gasteiger partial charge in [-0.25, -0.2) is 0 Å². The molecule has 1 aromatic carbocycles. The zero-order chi connectivity index (χ0) is 14.9. The van der Waals surface area contributed by atoms with Crippen LogP contribution in [0.25, 0.3) is 0 Å². The van der Waals surface area contributed by atoms with Crippen molar-refractivity contribution >= 4 is 17.0 Å². The van der Waals surface area contributed by atoms with E-state index in [0.717, 1.165) is 23.4 Å². The van der Waals surface area contributed by atoms with Gasteiger partial charge in [0.15, 0.2) is 0 Å². The molecule has 0 amide bonds. The summed E-state index contributed by atoms with van der Waals surface area (Å²) in [6.45, 7) is 11.5. The lowest BCUT2D eigenvalue weighted by Crippen LogP contribution is -2.07. The maximum atomic E-state index is 9.68. The summed E-state index contributed by atoms with van der Waals surface area (Å²) in [6, 6.07) is 8.23. The third-order valence-electron chi connectivity index (χ3n) is 3.40. The smallest absolute Gasteiger partial charge is 0.118 e. The molecule has 0 bridgehead atoms. The van der Waals surface area contributed by atoms with Gasteiger partial charge >= 0.3 is 0 Å². The van der Waals surface area contributed by atoms with Gasteiger partial charge in [-0.2, -0.15) is 0 Å². The number of phenolic OH excluding ortho intramolecular Hbond substituents is 1. The number of aromatic hydroxyl groups is 1. The van der Waals surface area contributed by atoms with Crippen molar-refractivity contribution in [1.82, 2.24) is 0 Å². The summed E-state index contributed by atoms with van der Waals surface area (Å²) in [5, 5.41) is 13.1. The Morgan fingerprint density at radius 3 is 2.40 bits per heavy atom. The van der Waals surface area contributed by atoms with Gasteiger partial charge in [0.2, 0.25) is 0 Å². The van der Waals surface area contributed by atoms with E-state index in [2.05, 4.69) is 38.2 Å². The number of benzene rings is 1. The molecular formula is C17H23NOS. The van der Waals surface area contributed by atoms with Gasteiger partial charge in [-0.3, -0.25) is 0 Å². The van der Waals surface area contributed by atoms with E-state index in [1.54, 1.807) is 0 Å². The lowest BCUT2D eigenvalue weighted by molar-refractivity contribution is 0.471. The summed E-state index contributed by atoms with van der Waals surface area (Å²) in [5.41, 5.74) is 3.28. The number of phenols is 1. The van der Waals surface area contributed by atoms with Crippen LogP contribution in [0, 0.1) is 13.8 Å². The lowest BCUT2D eigenvalue weighted by atomic mass is 9.95. The zero-order valence-electron chi connectivity index (χ0n) is 12.9. The van der Waals surface area contributed by atoms with E-state index in [1.807, 2.05) is 37.3 Å². The topological polar surface area (TPSA) is 32.3 Å². The summed E-state index contributed by atoms with van der Waals surface area (Å²) in [5.74, 6) is 0.360. The molecule has 3 heteroatoms. The van der Waals surface area contributed by atoms with E-state index >= 15 is 0 Å². The lowest BCUT2D eigenvalue weighted by Gasteiger charge is -2.15. The Labute approximate surface area is 125 Å². The first-order valence-electron chi connectivity index (χ1n) is 6.90. The second kappa shape index (κ2) is 5.49. The standard InChI is InChI=1S/C17H23NOS/c1-11-9-15(19)12(2)8-14(11)18-10-13-6-7-16(20-13)17(3,4)5/h6-9,18-19H,10H2,1-5H3. The van der Waals surface area contributed by atoms with E-state index < -0.39 is 0 Å². The number of thiophene rings is 1. The molecule has 0 aliphatic heterocycles. The Balaban J connectivity index is 2.09. The zero-order valence-corrected chi connectivity index (χ0v) is 13.7. The Hall–Kier alpha value is -1.48. The Kier molecular flexibility index (Phi) is 4.09. The highest BCUT2D eigenvalue weighted by Gasteiger charge is 2.15. The van der Waals surface area contributed by atoms with Crippen LogP contribution in [0.2, 0.25) is 0 Å². The number of nitrogens with one attached hydrogen (secondary N) is 1. The average molecular weight is 289 g/mol. The summed E-state index contributed by atoms with van der Waals surface area (Å²) in [4.78, 5) is 2.74. The molecule has 0 radical (unpaired) electrons. The van der Waals surface area contributed by atoms with Crippen molar-refractivity contribution in [2.24, 2.45) is 0 Å². The van der Waals surface area contributed by atoms with Crippen molar-refractivity contribution in [2.75, 3.05) is 5.32 Å². The molecule has 1 aromatic heterocycles. The Morgan fingerprint density at radius 1 is 1.10 bits per heavy atom. The highest BCUT2D eigenvalue weighted by molar-refractivity contribution is 7.12. The molecule has 2 N–H and O–H groups in total. The van der Waals surface area contributed by atoms with Crippen LogP contribution in [0.5, 0.6) is 5.75 Å². The minimum atomic E-state index is 0.216. The van der Waals surface area contributed by atoms with Gasteiger partial charge in [-0.05, 0) is 54.7 Å². The third-order valence-corrected chi connectivity index (χ3v) is 4.91. The van der Waals surface area contributed by atoms with Gasteiger partial charge in [-0.1, -0.05) is 20.8 Å². The molecule has 108 valence electrons. The summed E-state index contributed by atoms with van der Waals surface area (Å²) in [6.07, 6.45) is 0. The Bertz CT molecular complexity index is 608. The van der Waals surface area contributed by atoms with Gasteiger partial charge in [0.1, 0.15) is 5.75 Å². The summed E-state index contributed by atoms with van der Waals surface area (Å²) >= 11 is 1.86. The first-order valence-corrected chi connectivity index (χ1v) is 7.72. The van der Waals surface area contributed by atoms with Crippen LogP contribution in [0.4, 0.5) is 5.69 Å². The highest BCUT2D eigenvalue weighted by atomic mass is 32.1. The van der Waals surface area contributed by atoms with Gasteiger partial charge in [0, 0.05) is 22.0 Å². The molecule has 20 heavy (non-hydrogen) atoms. The monoisotopic (exact) mass is 289 g/mol. The molecule has 2 rings (SSSR count). The second-order valence-corrected chi connectivity index (χ2v) is 7.49. The normalized spacial score (nSPS) is 11.7. The van der Waals surface area contributed by atoms with Crippen LogP contribution in [-0.4, -0.2) is 5.11 Å². The first-order chi connectivity index (χ1) is 9.27. The fourth-order valence-electron chi connectivity index (χ4n) is 2.05. The minimum absolute atomic E-state index is 0.216. The number of anilines is 1. The van der Waals surface area contributed by atoms with Crippen molar-refractivity contribution in [3.05, 3.63) is 45.1 Å². The van der Waals surface area contributed by atoms with Crippen LogP contribution in [0.3, 0.4) is 0 Å². The maximum Gasteiger partial charge on any atom is 0.118 e. The summed E-state index contributed by atoms with van der Waals surface area (Å²) in [7, 11) is 0. The molecule has 2 nitrogen and oxygen atoms in total. The van der Waals surface area contributed by atoms with Crippen LogP contribution in [0.15, 0.2) is 24.3 Å². The average Bonchev–Trinajstić information content (AvgIpc) is 2.80. The van der Waals surface area contributed by atoms with Crippen LogP contribution in [0.1, 0.15) is 41.7 Å². The largest absolute Gasteiger partial charge is 0.508 e. The van der Waals surface area contributed by atoms with Crippen molar-refractivity contribution in [2.45, 2.75) is 46.6 Å². The molecule has 0 saturated heterocycles. The van der Waals surface area contributed by atoms with E-state index in [4.69, 9.17) is 0 Å². The molecule has 0 unspecified atom stereocenters. The van der Waals surface area contributed by atoms with E-state index in [-0.39, 0.29) is 5.41 Å². The predicted octanol–water partition coefficient (Wildman–Crippen LogP) is 4.98. The van der Waals surface area contributed by atoms with E-state index in [9.17, 15) is 5.11 Å². The summed E-state index contributed by atoms with van der Waals surface area (Å²) < 4.78 is 0. The molecule has 0 saturated carbocycles. The third kappa shape index (κ3) is 3.34. The fourth-order valence-corrected chi connectivity index (χ4v) is 3.05. The molecular weight excluding hydrogens is 266 g/mol. The number of rotatable bonds is 3. The van der Waals surface area contributed by atoms with E-state index in [1.165, 1.54) is 9.75 Å². The van der Waals surface area contributed by atoms with Crippen molar-refractivity contribution < 1.29 is 5.11 Å². The van der Waals surface area contributed by atoms with E-state index in [0.29, 0.717) is 5.75 Å². The second-order valence-electron chi connectivity index (χ2n) is 6.32. The van der Waals surface area contributed by atoms with Gasteiger partial charge in [-0.15, -0.1) is 11.3 Å². The molecule has 0 spiro atoms. The van der Waals surface area contributed by atoms with Crippen LogP contribution >= 0.6 is 11.3 Å². The van der Waals surface area contributed by atoms with Gasteiger partial charge < -0.3 is 10.4 Å². The quantitative estimate of drug-likeness (QED) is 0.781. The molecule has 0 fully saturated rings. The van der Waals surface area contributed by atoms with Crippen molar-refractivity contribution in [3.63, 3.8) is 0 Å². The molecule has 0 aliphatic rings. The minimum Gasteiger partial charge on any atom is -0.508 e. The highest BCUT2D eigenvalue weighted by Crippen LogP contribution is 2.30. The number of hydrogen-bond acceptors (Lipinski definition) is 3. The van der Waals surface area contributed by atoms with Gasteiger partial charge in [0.05, 0.1) is 0 Å².